The maximum Gasteiger partial charge on any atom is 0.142 e. The number of nitriles is 1. The molecule has 0 saturated carbocycles. The first-order chi connectivity index (χ1) is 13.0. The van der Waals surface area contributed by atoms with Crippen molar-refractivity contribution in [3.8, 4) is 34.2 Å². The van der Waals surface area contributed by atoms with Crippen LogP contribution in [0.25, 0.3) is 22.4 Å². The first-order valence-corrected chi connectivity index (χ1v) is 9.52. The van der Waals surface area contributed by atoms with Crippen LogP contribution in [0.2, 0.25) is 5.02 Å². The third kappa shape index (κ3) is 3.78. The molecule has 0 aliphatic carbocycles. The molecule has 1 heterocycles. The Morgan fingerprint density at radius 2 is 2.04 bits per heavy atom. The monoisotopic (exact) mass is 441 g/mol. The van der Waals surface area contributed by atoms with E-state index < -0.39 is 0 Å². The molecule has 4 nitrogen and oxygen atoms in total. The summed E-state index contributed by atoms with van der Waals surface area (Å²) in [5.74, 6) is 0.860. The highest BCUT2D eigenvalue weighted by Crippen LogP contribution is 2.41. The van der Waals surface area contributed by atoms with Gasteiger partial charge in [0, 0.05) is 26.2 Å². The summed E-state index contributed by atoms with van der Waals surface area (Å²) in [4.78, 5) is 4.48. The number of benzene rings is 2. The van der Waals surface area contributed by atoms with Crippen molar-refractivity contribution < 1.29 is 4.74 Å². The Balaban J connectivity index is 2.37. The quantitative estimate of drug-likeness (QED) is 0.538. The molecule has 0 fully saturated rings. The van der Waals surface area contributed by atoms with Crippen LogP contribution in [0.1, 0.15) is 18.1 Å². The van der Waals surface area contributed by atoms with Gasteiger partial charge in [-0.1, -0.05) is 39.7 Å². The van der Waals surface area contributed by atoms with Crippen molar-refractivity contribution in [2.75, 3.05) is 12.3 Å². The van der Waals surface area contributed by atoms with Crippen molar-refractivity contribution in [1.29, 1.82) is 5.26 Å². The molecule has 0 unspecified atom stereocenters. The number of hydrogen-bond acceptors (Lipinski definition) is 4. The molecule has 1 aromatic heterocycles. The molecular weight excluding hydrogens is 426 g/mol. The molecule has 0 radical (unpaired) electrons. The Kier molecular flexibility index (Phi) is 5.69. The van der Waals surface area contributed by atoms with E-state index in [9.17, 15) is 5.26 Å². The van der Waals surface area contributed by atoms with Gasteiger partial charge in [0.15, 0.2) is 0 Å². The Morgan fingerprint density at radius 1 is 1.26 bits per heavy atom. The van der Waals surface area contributed by atoms with Crippen molar-refractivity contribution in [3.63, 3.8) is 0 Å². The fraction of sp³-hybridized carbons (Fsp3) is 0.143. The summed E-state index contributed by atoms with van der Waals surface area (Å²) >= 11 is 9.66. The van der Waals surface area contributed by atoms with Crippen LogP contribution in [0.3, 0.4) is 0 Å². The summed E-state index contributed by atoms with van der Waals surface area (Å²) in [6, 6.07) is 15.3. The largest absolute Gasteiger partial charge is 0.493 e. The molecule has 0 spiro atoms. The van der Waals surface area contributed by atoms with Gasteiger partial charge in [-0.05, 0) is 49.7 Å². The van der Waals surface area contributed by atoms with E-state index in [1.54, 1.807) is 6.07 Å². The van der Waals surface area contributed by atoms with Crippen molar-refractivity contribution >= 4 is 33.3 Å². The summed E-state index contributed by atoms with van der Waals surface area (Å²) in [7, 11) is 0. The summed E-state index contributed by atoms with van der Waals surface area (Å²) in [6.45, 7) is 4.36. The minimum atomic E-state index is 0.176. The molecule has 27 heavy (non-hydrogen) atoms. The lowest BCUT2D eigenvalue weighted by Crippen LogP contribution is -2.04. The van der Waals surface area contributed by atoms with Crippen LogP contribution >= 0.6 is 27.5 Å². The van der Waals surface area contributed by atoms with Crippen molar-refractivity contribution in [1.82, 2.24) is 4.98 Å². The lowest BCUT2D eigenvalue weighted by Gasteiger charge is -2.18. The second kappa shape index (κ2) is 7.99. The fourth-order valence-electron chi connectivity index (χ4n) is 3.04. The Hall–Kier alpha value is -2.55. The molecule has 0 saturated heterocycles. The number of halogens is 2. The zero-order chi connectivity index (χ0) is 19.6. The van der Waals surface area contributed by atoms with E-state index in [4.69, 9.17) is 22.1 Å². The number of hydrogen-bond donors (Lipinski definition) is 1. The number of pyridine rings is 1. The maximum atomic E-state index is 9.74. The second-order valence-electron chi connectivity index (χ2n) is 5.92. The van der Waals surface area contributed by atoms with Crippen LogP contribution in [0.15, 0.2) is 46.9 Å². The van der Waals surface area contributed by atoms with E-state index in [2.05, 4.69) is 27.0 Å². The van der Waals surface area contributed by atoms with Crippen LogP contribution in [-0.2, 0) is 0 Å². The van der Waals surface area contributed by atoms with E-state index in [1.165, 1.54) is 0 Å². The van der Waals surface area contributed by atoms with Crippen LogP contribution in [0.4, 0.5) is 5.82 Å². The normalized spacial score (nSPS) is 10.5. The van der Waals surface area contributed by atoms with Gasteiger partial charge in [-0.2, -0.15) is 5.26 Å². The minimum Gasteiger partial charge on any atom is -0.493 e. The number of nitrogens with zero attached hydrogens (tertiary/aromatic N) is 2. The molecule has 2 N–H and O–H groups in total. The molecule has 2 aromatic carbocycles. The van der Waals surface area contributed by atoms with Crippen LogP contribution in [0.5, 0.6) is 5.75 Å². The van der Waals surface area contributed by atoms with Gasteiger partial charge in [0.25, 0.3) is 0 Å². The van der Waals surface area contributed by atoms with Gasteiger partial charge in [0.05, 0.1) is 12.3 Å². The number of aromatic nitrogens is 1. The average molecular weight is 443 g/mol. The summed E-state index contributed by atoms with van der Waals surface area (Å²) in [5, 5.41) is 10.3. The van der Waals surface area contributed by atoms with Crippen molar-refractivity contribution in [2.45, 2.75) is 13.8 Å². The lowest BCUT2D eigenvalue weighted by molar-refractivity contribution is 0.341. The van der Waals surface area contributed by atoms with E-state index in [1.807, 2.05) is 50.2 Å². The molecule has 0 bridgehead atoms. The number of nitrogen functional groups attached to an aromatic ring is 1. The molecule has 6 heteroatoms. The minimum absolute atomic E-state index is 0.176. The second-order valence-corrected chi connectivity index (χ2v) is 7.27. The zero-order valence-corrected chi connectivity index (χ0v) is 17.2. The molecule has 0 atom stereocenters. The van der Waals surface area contributed by atoms with E-state index in [-0.39, 0.29) is 5.82 Å². The third-order valence-electron chi connectivity index (χ3n) is 4.19. The van der Waals surface area contributed by atoms with Crippen LogP contribution in [-0.4, -0.2) is 11.6 Å². The molecule has 0 aliphatic heterocycles. The Labute approximate surface area is 171 Å². The molecule has 0 amide bonds. The SMILES string of the molecule is CCOc1ccc(Br)cc1-c1c(C)c(-c2cccc(Cl)c2)nc(N)c1C#N. The van der Waals surface area contributed by atoms with E-state index in [0.29, 0.717) is 34.2 Å². The summed E-state index contributed by atoms with van der Waals surface area (Å²) in [6.07, 6.45) is 0. The van der Waals surface area contributed by atoms with E-state index >= 15 is 0 Å². The van der Waals surface area contributed by atoms with Gasteiger partial charge in [-0.3, -0.25) is 0 Å². The molecule has 136 valence electrons. The zero-order valence-electron chi connectivity index (χ0n) is 14.9. The number of rotatable bonds is 4. The number of ether oxygens (including phenoxy) is 1. The predicted molar refractivity (Wildman–Crippen MR) is 113 cm³/mol. The molecule has 3 rings (SSSR count). The Bertz CT molecular complexity index is 1060. The van der Waals surface area contributed by atoms with Gasteiger partial charge in [-0.25, -0.2) is 4.98 Å². The first kappa shape index (κ1) is 19.2. The third-order valence-corrected chi connectivity index (χ3v) is 4.92. The van der Waals surface area contributed by atoms with Crippen LogP contribution < -0.4 is 10.5 Å². The summed E-state index contributed by atoms with van der Waals surface area (Å²) < 4.78 is 6.67. The smallest absolute Gasteiger partial charge is 0.142 e. The van der Waals surface area contributed by atoms with E-state index in [0.717, 1.165) is 21.2 Å². The highest BCUT2D eigenvalue weighted by molar-refractivity contribution is 9.10. The first-order valence-electron chi connectivity index (χ1n) is 8.35. The fourth-order valence-corrected chi connectivity index (χ4v) is 3.59. The average Bonchev–Trinajstić information content (AvgIpc) is 2.64. The molecule has 0 aliphatic rings. The Morgan fingerprint density at radius 3 is 2.70 bits per heavy atom. The molecule has 3 aromatic rings. The molecular formula is C21H17BrClN3O. The summed E-state index contributed by atoms with van der Waals surface area (Å²) in [5.41, 5.74) is 10.4. The van der Waals surface area contributed by atoms with Gasteiger partial charge < -0.3 is 10.5 Å². The maximum absolute atomic E-state index is 9.74. The topological polar surface area (TPSA) is 71.9 Å². The van der Waals surface area contributed by atoms with Gasteiger partial charge in [0.2, 0.25) is 0 Å². The van der Waals surface area contributed by atoms with Gasteiger partial charge >= 0.3 is 0 Å². The highest BCUT2D eigenvalue weighted by Gasteiger charge is 2.21. The van der Waals surface area contributed by atoms with Crippen molar-refractivity contribution in [2.24, 2.45) is 0 Å². The van der Waals surface area contributed by atoms with Gasteiger partial charge in [0.1, 0.15) is 23.2 Å². The number of nitrogens with two attached hydrogens (primary N) is 1. The van der Waals surface area contributed by atoms with Gasteiger partial charge in [-0.15, -0.1) is 0 Å². The standard InChI is InChI=1S/C21H17BrClN3O/c1-3-27-18-8-7-14(22)10-16(18)19-12(2)20(26-21(25)17(19)11-24)13-5-4-6-15(23)9-13/h4-10H,3H2,1-2H3,(H2,25,26). The van der Waals surface area contributed by atoms with Crippen LogP contribution in [0, 0.1) is 18.3 Å². The van der Waals surface area contributed by atoms with Crippen molar-refractivity contribution in [3.05, 3.63) is 63.1 Å². The highest BCUT2D eigenvalue weighted by atomic mass is 79.9. The lowest BCUT2D eigenvalue weighted by atomic mass is 9.92. The predicted octanol–water partition coefficient (Wildman–Crippen LogP) is 5.99. The number of anilines is 1.